The summed E-state index contributed by atoms with van der Waals surface area (Å²) in [5.41, 5.74) is 2.59. The number of hydrogen-bond donors (Lipinski definition) is 1. The lowest BCUT2D eigenvalue weighted by Gasteiger charge is -2.31. The van der Waals surface area contributed by atoms with Crippen molar-refractivity contribution in [1.82, 2.24) is 10.2 Å². The first-order chi connectivity index (χ1) is 13.9. The van der Waals surface area contributed by atoms with E-state index in [4.69, 9.17) is 4.42 Å². The average Bonchev–Trinajstić information content (AvgIpc) is 3.24. The molecular weight excluding hydrogens is 388 g/mol. The quantitative estimate of drug-likeness (QED) is 0.517. The minimum Gasteiger partial charge on any atom is -0.423 e. The van der Waals surface area contributed by atoms with Crippen molar-refractivity contribution in [1.29, 1.82) is 0 Å². The Kier molecular flexibility index (Phi) is 3.93. The number of rotatable bonds is 2. The molecule has 3 amide bonds. The van der Waals surface area contributed by atoms with Gasteiger partial charge in [-0.15, -0.1) is 11.3 Å². The SMILES string of the molecule is Cc1cc2oc(=O)cc(CN3C(=O)NC4(CCCc5sccc54)C3=O)c2cc1C. The fourth-order valence-electron chi connectivity index (χ4n) is 4.47. The van der Waals surface area contributed by atoms with Crippen molar-refractivity contribution in [2.24, 2.45) is 0 Å². The number of amides is 3. The zero-order valence-corrected chi connectivity index (χ0v) is 17.0. The highest BCUT2D eigenvalue weighted by Crippen LogP contribution is 2.42. The highest BCUT2D eigenvalue weighted by molar-refractivity contribution is 7.10. The van der Waals surface area contributed by atoms with Crippen molar-refractivity contribution in [3.8, 4) is 0 Å². The molecule has 6 nitrogen and oxygen atoms in total. The number of thiophene rings is 1. The fourth-order valence-corrected chi connectivity index (χ4v) is 5.47. The molecule has 5 rings (SSSR count). The summed E-state index contributed by atoms with van der Waals surface area (Å²) in [5, 5.41) is 5.68. The van der Waals surface area contributed by atoms with Crippen molar-refractivity contribution in [3.05, 3.63) is 67.2 Å². The van der Waals surface area contributed by atoms with Crippen molar-refractivity contribution in [3.63, 3.8) is 0 Å². The minimum atomic E-state index is -0.980. The summed E-state index contributed by atoms with van der Waals surface area (Å²) >= 11 is 1.63. The predicted molar refractivity (Wildman–Crippen MR) is 110 cm³/mol. The van der Waals surface area contributed by atoms with Crippen LogP contribution in [0.2, 0.25) is 0 Å². The summed E-state index contributed by atoms with van der Waals surface area (Å²) in [5.74, 6) is -0.243. The van der Waals surface area contributed by atoms with E-state index in [1.807, 2.05) is 37.4 Å². The van der Waals surface area contributed by atoms with E-state index in [0.717, 1.165) is 39.8 Å². The summed E-state index contributed by atoms with van der Waals surface area (Å²) in [7, 11) is 0. The molecule has 1 aliphatic heterocycles. The van der Waals surface area contributed by atoms with Gasteiger partial charge in [0.05, 0.1) is 6.54 Å². The number of carbonyl (C=O) groups is 2. The Bertz CT molecular complexity index is 1240. The lowest BCUT2D eigenvalue weighted by atomic mass is 9.80. The van der Waals surface area contributed by atoms with Gasteiger partial charge in [0.15, 0.2) is 0 Å². The first kappa shape index (κ1) is 18.1. The predicted octanol–water partition coefficient (Wildman–Crippen LogP) is 3.75. The molecule has 1 N–H and O–H groups in total. The van der Waals surface area contributed by atoms with Gasteiger partial charge in [0.25, 0.3) is 5.91 Å². The van der Waals surface area contributed by atoms with Crippen LogP contribution in [0.1, 0.15) is 40.0 Å². The lowest BCUT2D eigenvalue weighted by molar-refractivity contribution is -0.132. The minimum absolute atomic E-state index is 0.0382. The molecule has 1 atom stereocenters. The summed E-state index contributed by atoms with van der Waals surface area (Å²) in [6.07, 6.45) is 2.37. The number of aryl methyl sites for hydroxylation is 3. The third-order valence-corrected chi connectivity index (χ3v) is 7.09. The molecule has 2 aromatic heterocycles. The number of hydrogen-bond acceptors (Lipinski definition) is 5. The highest BCUT2D eigenvalue weighted by atomic mass is 32.1. The molecule has 1 aromatic carbocycles. The summed E-state index contributed by atoms with van der Waals surface area (Å²) < 4.78 is 5.34. The number of nitrogens with zero attached hydrogens (tertiary/aromatic N) is 1. The maximum Gasteiger partial charge on any atom is 0.336 e. The highest BCUT2D eigenvalue weighted by Gasteiger charge is 2.54. The second-order valence-electron chi connectivity index (χ2n) is 7.86. The molecule has 3 aromatic rings. The van der Waals surface area contributed by atoms with Gasteiger partial charge in [-0.3, -0.25) is 9.69 Å². The largest absolute Gasteiger partial charge is 0.423 e. The smallest absolute Gasteiger partial charge is 0.336 e. The zero-order chi connectivity index (χ0) is 20.3. The van der Waals surface area contributed by atoms with Crippen LogP contribution >= 0.6 is 11.3 Å². The maximum atomic E-state index is 13.4. The van der Waals surface area contributed by atoms with Gasteiger partial charge in [0, 0.05) is 21.9 Å². The van der Waals surface area contributed by atoms with Gasteiger partial charge in [0.2, 0.25) is 0 Å². The Morgan fingerprint density at radius 2 is 1.97 bits per heavy atom. The van der Waals surface area contributed by atoms with Crippen LogP contribution in [0.15, 0.2) is 38.9 Å². The second-order valence-corrected chi connectivity index (χ2v) is 8.86. The molecule has 1 aliphatic carbocycles. The van der Waals surface area contributed by atoms with Gasteiger partial charge >= 0.3 is 11.7 Å². The molecule has 7 heteroatoms. The first-order valence-electron chi connectivity index (χ1n) is 9.64. The fraction of sp³-hybridized carbons (Fsp3) is 0.318. The van der Waals surface area contributed by atoms with Crippen LogP contribution in [0.25, 0.3) is 11.0 Å². The number of imide groups is 1. The van der Waals surface area contributed by atoms with E-state index in [0.29, 0.717) is 17.6 Å². The van der Waals surface area contributed by atoms with E-state index in [2.05, 4.69) is 5.32 Å². The molecular formula is C22H20N2O4S. The monoisotopic (exact) mass is 408 g/mol. The number of benzene rings is 1. The van der Waals surface area contributed by atoms with Gasteiger partial charge < -0.3 is 9.73 Å². The number of carbonyl (C=O) groups excluding carboxylic acids is 2. The van der Waals surface area contributed by atoms with E-state index < -0.39 is 17.2 Å². The first-order valence-corrected chi connectivity index (χ1v) is 10.5. The molecule has 148 valence electrons. The van der Waals surface area contributed by atoms with Gasteiger partial charge in [0.1, 0.15) is 11.1 Å². The average molecular weight is 408 g/mol. The standard InChI is InChI=1S/C22H20N2O4S/c1-12-8-15-14(10-19(25)28-17(15)9-13(12)2)11-24-20(26)22(23-21(24)27)6-3-4-18-16(22)5-7-29-18/h5,7-10H,3-4,6,11H2,1-2H3,(H,23,27). The van der Waals surface area contributed by atoms with Crippen LogP contribution in [0.5, 0.6) is 0 Å². The van der Waals surface area contributed by atoms with E-state index >= 15 is 0 Å². The summed E-state index contributed by atoms with van der Waals surface area (Å²) in [6, 6.07) is 6.66. The Hall–Kier alpha value is -2.93. The number of nitrogens with one attached hydrogen (secondary N) is 1. The molecule has 0 radical (unpaired) electrons. The molecule has 1 unspecified atom stereocenters. The van der Waals surface area contributed by atoms with E-state index in [1.165, 1.54) is 11.0 Å². The van der Waals surface area contributed by atoms with Crippen molar-refractivity contribution in [2.45, 2.75) is 45.2 Å². The van der Waals surface area contributed by atoms with E-state index in [1.54, 1.807) is 11.3 Å². The number of fused-ring (bicyclic) bond motifs is 3. The normalized spacial score (nSPS) is 21.1. The van der Waals surface area contributed by atoms with Gasteiger partial charge in [-0.2, -0.15) is 0 Å². The molecule has 2 aliphatic rings. The van der Waals surface area contributed by atoms with Crippen molar-refractivity contribution < 1.29 is 14.0 Å². The van der Waals surface area contributed by atoms with Gasteiger partial charge in [-0.25, -0.2) is 9.59 Å². The molecule has 3 heterocycles. The Morgan fingerprint density at radius 3 is 2.79 bits per heavy atom. The molecule has 1 saturated heterocycles. The van der Waals surface area contributed by atoms with Gasteiger partial charge in [-0.05, 0) is 73.4 Å². The summed E-state index contributed by atoms with van der Waals surface area (Å²) in [4.78, 5) is 40.8. The maximum absolute atomic E-state index is 13.4. The Morgan fingerprint density at radius 1 is 1.17 bits per heavy atom. The van der Waals surface area contributed by atoms with Crippen LogP contribution in [0, 0.1) is 13.8 Å². The zero-order valence-electron chi connectivity index (χ0n) is 16.2. The second kappa shape index (κ2) is 6.29. The molecule has 29 heavy (non-hydrogen) atoms. The van der Waals surface area contributed by atoms with Crippen molar-refractivity contribution in [2.75, 3.05) is 0 Å². The van der Waals surface area contributed by atoms with E-state index in [9.17, 15) is 14.4 Å². The lowest BCUT2D eigenvalue weighted by Crippen LogP contribution is -2.46. The topological polar surface area (TPSA) is 79.6 Å². The Labute approximate surface area is 171 Å². The van der Waals surface area contributed by atoms with Crippen LogP contribution in [-0.4, -0.2) is 16.8 Å². The molecule has 0 saturated carbocycles. The van der Waals surface area contributed by atoms with Gasteiger partial charge in [-0.1, -0.05) is 0 Å². The third kappa shape index (κ3) is 2.64. The van der Waals surface area contributed by atoms with Crippen LogP contribution in [-0.2, 0) is 23.3 Å². The van der Waals surface area contributed by atoms with Crippen molar-refractivity contribution >= 4 is 34.2 Å². The summed E-state index contributed by atoms with van der Waals surface area (Å²) in [6.45, 7) is 3.97. The molecule has 1 fully saturated rings. The third-order valence-electron chi connectivity index (χ3n) is 6.11. The van der Waals surface area contributed by atoms with Crippen LogP contribution in [0.3, 0.4) is 0 Å². The van der Waals surface area contributed by atoms with Crippen LogP contribution < -0.4 is 10.9 Å². The van der Waals surface area contributed by atoms with E-state index in [-0.39, 0.29) is 12.5 Å². The van der Waals surface area contributed by atoms with Crippen LogP contribution in [0.4, 0.5) is 4.79 Å². The Balaban J connectivity index is 1.57. The molecule has 1 spiro atoms. The molecule has 0 bridgehead atoms. The number of urea groups is 1.